The molecule has 0 saturated carbocycles. The highest BCUT2D eigenvalue weighted by Gasteiger charge is 2.12. The van der Waals surface area contributed by atoms with Crippen LogP contribution in [0.4, 0.5) is 0 Å². The van der Waals surface area contributed by atoms with Crippen molar-refractivity contribution in [2.75, 3.05) is 13.1 Å². The van der Waals surface area contributed by atoms with Gasteiger partial charge in [-0.1, -0.05) is 42.5 Å². The SMILES string of the molecule is CC[NH+](CC)Cc1ccc(CNC(=O)Cc2nn(C)c(=O)c3ccccc23)cc1. The maximum absolute atomic E-state index is 12.5. The van der Waals surface area contributed by atoms with Gasteiger partial charge in [0, 0.05) is 24.5 Å². The molecule has 0 aliphatic carbocycles. The van der Waals surface area contributed by atoms with Gasteiger partial charge in [-0.3, -0.25) is 9.59 Å². The second-order valence-corrected chi connectivity index (χ2v) is 7.32. The monoisotopic (exact) mass is 393 g/mol. The van der Waals surface area contributed by atoms with Crippen molar-refractivity contribution in [2.24, 2.45) is 7.05 Å². The molecule has 0 bridgehead atoms. The van der Waals surface area contributed by atoms with Gasteiger partial charge in [0.05, 0.1) is 30.6 Å². The quantitative estimate of drug-likeness (QED) is 0.605. The van der Waals surface area contributed by atoms with E-state index >= 15 is 0 Å². The van der Waals surface area contributed by atoms with Crippen LogP contribution in [-0.2, 0) is 31.4 Å². The lowest BCUT2D eigenvalue weighted by Gasteiger charge is -2.15. The molecule has 1 heterocycles. The zero-order valence-electron chi connectivity index (χ0n) is 17.4. The summed E-state index contributed by atoms with van der Waals surface area (Å²) in [6, 6.07) is 15.7. The highest BCUT2D eigenvalue weighted by Crippen LogP contribution is 2.13. The Labute approximate surface area is 171 Å². The third kappa shape index (κ3) is 5.09. The number of hydrogen-bond donors (Lipinski definition) is 2. The van der Waals surface area contributed by atoms with E-state index in [1.807, 2.05) is 18.2 Å². The summed E-state index contributed by atoms with van der Waals surface area (Å²) in [5.41, 5.74) is 2.82. The molecule has 3 aromatic rings. The number of nitrogens with zero attached hydrogens (tertiary/aromatic N) is 2. The van der Waals surface area contributed by atoms with Gasteiger partial charge in [0.25, 0.3) is 5.56 Å². The first-order valence-electron chi connectivity index (χ1n) is 10.1. The van der Waals surface area contributed by atoms with Crippen molar-refractivity contribution >= 4 is 16.7 Å². The number of nitrogens with one attached hydrogen (secondary N) is 2. The third-order valence-electron chi connectivity index (χ3n) is 5.33. The van der Waals surface area contributed by atoms with Gasteiger partial charge in [0.15, 0.2) is 0 Å². The number of quaternary nitrogens is 1. The molecule has 0 atom stereocenters. The number of hydrogen-bond acceptors (Lipinski definition) is 3. The maximum atomic E-state index is 12.5. The minimum atomic E-state index is -0.156. The lowest BCUT2D eigenvalue weighted by molar-refractivity contribution is -0.910. The fraction of sp³-hybridized carbons (Fsp3) is 0.348. The van der Waals surface area contributed by atoms with E-state index in [9.17, 15) is 9.59 Å². The largest absolute Gasteiger partial charge is 0.352 e. The predicted molar refractivity (Wildman–Crippen MR) is 115 cm³/mol. The van der Waals surface area contributed by atoms with Crippen LogP contribution in [0.15, 0.2) is 53.3 Å². The summed E-state index contributed by atoms with van der Waals surface area (Å²) in [6.07, 6.45) is 0.137. The molecule has 0 aliphatic heterocycles. The second-order valence-electron chi connectivity index (χ2n) is 7.32. The van der Waals surface area contributed by atoms with E-state index in [4.69, 9.17) is 0 Å². The summed E-state index contributed by atoms with van der Waals surface area (Å²) in [4.78, 5) is 26.2. The second kappa shape index (κ2) is 9.47. The van der Waals surface area contributed by atoms with Crippen molar-refractivity contribution in [2.45, 2.75) is 33.4 Å². The van der Waals surface area contributed by atoms with E-state index < -0.39 is 0 Å². The molecule has 2 aromatic carbocycles. The van der Waals surface area contributed by atoms with Crippen LogP contribution in [0.25, 0.3) is 10.8 Å². The molecule has 1 amide bonds. The van der Waals surface area contributed by atoms with Crippen molar-refractivity contribution in [3.05, 3.63) is 75.7 Å². The Morgan fingerprint density at radius 1 is 1.00 bits per heavy atom. The Kier molecular flexibility index (Phi) is 6.77. The molecule has 0 unspecified atom stereocenters. The molecular weight excluding hydrogens is 364 g/mol. The molecular formula is C23H29N4O2+. The number of fused-ring (bicyclic) bond motifs is 1. The highest BCUT2D eigenvalue weighted by atomic mass is 16.1. The summed E-state index contributed by atoms with van der Waals surface area (Å²) in [6.45, 7) is 8.12. The molecule has 0 spiro atoms. The van der Waals surface area contributed by atoms with Crippen LogP contribution in [0, 0.1) is 0 Å². The summed E-state index contributed by atoms with van der Waals surface area (Å²) in [5, 5.41) is 8.56. The topological polar surface area (TPSA) is 68.4 Å². The van der Waals surface area contributed by atoms with Gasteiger partial charge < -0.3 is 10.2 Å². The molecule has 1 aromatic heterocycles. The van der Waals surface area contributed by atoms with Gasteiger partial charge in [0.1, 0.15) is 6.54 Å². The van der Waals surface area contributed by atoms with Crippen LogP contribution >= 0.6 is 0 Å². The fourth-order valence-electron chi connectivity index (χ4n) is 3.49. The number of aromatic nitrogens is 2. The van der Waals surface area contributed by atoms with Gasteiger partial charge in [-0.15, -0.1) is 0 Å². The zero-order valence-corrected chi connectivity index (χ0v) is 17.4. The number of carbonyl (C=O) groups is 1. The van der Waals surface area contributed by atoms with Crippen LogP contribution in [0.2, 0.25) is 0 Å². The van der Waals surface area contributed by atoms with E-state index in [0.717, 1.165) is 30.6 Å². The minimum absolute atomic E-state index is 0.113. The van der Waals surface area contributed by atoms with Gasteiger partial charge in [-0.05, 0) is 25.5 Å². The normalized spacial score (nSPS) is 11.2. The molecule has 0 radical (unpaired) electrons. The molecule has 0 saturated heterocycles. The highest BCUT2D eigenvalue weighted by molar-refractivity contribution is 5.88. The smallest absolute Gasteiger partial charge is 0.274 e. The van der Waals surface area contributed by atoms with E-state index in [2.05, 4.69) is 48.5 Å². The molecule has 6 nitrogen and oxygen atoms in total. The Bertz CT molecular complexity index is 1040. The van der Waals surface area contributed by atoms with Crippen molar-refractivity contribution in [1.82, 2.24) is 15.1 Å². The molecule has 152 valence electrons. The van der Waals surface area contributed by atoms with Crippen LogP contribution in [0.1, 0.15) is 30.7 Å². The van der Waals surface area contributed by atoms with Crippen LogP contribution < -0.4 is 15.8 Å². The first-order chi connectivity index (χ1) is 14.0. The third-order valence-corrected chi connectivity index (χ3v) is 5.33. The molecule has 3 rings (SSSR count). The van der Waals surface area contributed by atoms with Crippen molar-refractivity contribution in [3.8, 4) is 0 Å². The maximum Gasteiger partial charge on any atom is 0.274 e. The van der Waals surface area contributed by atoms with Crippen LogP contribution in [0.3, 0.4) is 0 Å². The Morgan fingerprint density at radius 3 is 2.28 bits per heavy atom. The molecule has 29 heavy (non-hydrogen) atoms. The molecule has 0 fully saturated rings. The lowest BCUT2D eigenvalue weighted by atomic mass is 10.1. The van der Waals surface area contributed by atoms with Gasteiger partial charge >= 0.3 is 0 Å². The Morgan fingerprint density at radius 2 is 1.62 bits per heavy atom. The van der Waals surface area contributed by atoms with E-state index in [1.54, 1.807) is 18.0 Å². The number of carbonyl (C=O) groups excluding carboxylic acids is 1. The van der Waals surface area contributed by atoms with Crippen molar-refractivity contribution < 1.29 is 9.69 Å². The van der Waals surface area contributed by atoms with Gasteiger partial charge in [0.2, 0.25) is 5.91 Å². The van der Waals surface area contributed by atoms with Crippen LogP contribution in [0.5, 0.6) is 0 Å². The van der Waals surface area contributed by atoms with E-state index in [-0.39, 0.29) is 17.9 Å². The standard InChI is InChI=1S/C23H28N4O2/c1-4-27(5-2)16-18-12-10-17(11-13-18)15-24-22(28)14-21-19-8-6-7-9-20(19)23(29)26(3)25-21/h6-13H,4-5,14-16H2,1-3H3,(H,24,28)/p+1. The van der Waals surface area contributed by atoms with Crippen molar-refractivity contribution in [1.29, 1.82) is 0 Å². The van der Waals surface area contributed by atoms with E-state index in [1.165, 1.54) is 10.2 Å². The summed E-state index contributed by atoms with van der Waals surface area (Å²) < 4.78 is 1.29. The Balaban J connectivity index is 1.63. The number of rotatable bonds is 8. The summed E-state index contributed by atoms with van der Waals surface area (Å²) >= 11 is 0. The minimum Gasteiger partial charge on any atom is -0.352 e. The first-order valence-corrected chi connectivity index (χ1v) is 10.1. The molecule has 6 heteroatoms. The molecule has 0 aliphatic rings. The Hall–Kier alpha value is -2.99. The van der Waals surface area contributed by atoms with Gasteiger partial charge in [-0.2, -0.15) is 5.10 Å². The number of amides is 1. The predicted octanol–water partition coefficient (Wildman–Crippen LogP) is 1.22. The average Bonchev–Trinajstić information content (AvgIpc) is 2.75. The number of benzene rings is 2. The lowest BCUT2D eigenvalue weighted by Crippen LogP contribution is -3.10. The van der Waals surface area contributed by atoms with Crippen LogP contribution in [-0.4, -0.2) is 28.8 Å². The molecule has 2 N–H and O–H groups in total. The number of aryl methyl sites for hydroxylation is 1. The van der Waals surface area contributed by atoms with Crippen molar-refractivity contribution in [3.63, 3.8) is 0 Å². The summed E-state index contributed by atoms with van der Waals surface area (Å²) in [7, 11) is 1.61. The zero-order chi connectivity index (χ0) is 20.8. The average molecular weight is 394 g/mol. The fourth-order valence-corrected chi connectivity index (χ4v) is 3.49. The first kappa shape index (κ1) is 20.7. The van der Waals surface area contributed by atoms with E-state index in [0.29, 0.717) is 17.6 Å². The summed E-state index contributed by atoms with van der Waals surface area (Å²) in [5.74, 6) is -0.113. The van der Waals surface area contributed by atoms with Gasteiger partial charge in [-0.25, -0.2) is 4.68 Å².